The van der Waals surface area contributed by atoms with E-state index in [4.69, 9.17) is 38.6 Å². The number of aromatic amines is 1. The molecule has 0 saturated carbocycles. The van der Waals surface area contributed by atoms with Crippen LogP contribution in [0.1, 0.15) is 43.7 Å². The molecule has 0 aromatic carbocycles. The van der Waals surface area contributed by atoms with Crippen molar-refractivity contribution in [2.24, 2.45) is 0 Å². The first-order chi connectivity index (χ1) is 29.4. The molecule has 32 nitrogen and oxygen atoms in total. The van der Waals surface area contributed by atoms with Crippen LogP contribution in [-0.4, -0.2) is 105 Å². The fourth-order valence-corrected chi connectivity index (χ4v) is 13.3. The quantitative estimate of drug-likeness (QED) is 0.0499. The lowest BCUT2D eigenvalue weighted by molar-refractivity contribution is -0.0794. The molecule has 0 bridgehead atoms. The van der Waals surface area contributed by atoms with Gasteiger partial charge in [0.05, 0.1) is 18.5 Å². The Morgan fingerprint density at radius 2 is 1.41 bits per heavy atom. The van der Waals surface area contributed by atoms with E-state index in [1.54, 1.807) is 0 Å². The minimum Gasteiger partial charge on any atom is -0.387 e. The molecule has 0 spiro atoms. The molecule has 11 N–H and O–H groups in total. The lowest BCUT2D eigenvalue weighted by atomic mass is 10.0. The van der Waals surface area contributed by atoms with Crippen molar-refractivity contribution in [1.29, 1.82) is 0 Å². The van der Waals surface area contributed by atoms with Crippen molar-refractivity contribution in [2.75, 3.05) is 5.73 Å². The molecule has 3 aromatic heterocycles. The fourth-order valence-electron chi connectivity index (χ4n) is 6.24. The molecule has 5 heterocycles. The Labute approximate surface area is 357 Å². The number of phosphoric acid groups is 6. The maximum Gasteiger partial charge on any atom is 0.490 e. The molecule has 3 aromatic rings. The number of aryl methyl sites for hydroxylation is 1. The Hall–Kier alpha value is -2.79. The van der Waals surface area contributed by atoms with Crippen LogP contribution in [0.4, 0.5) is 5.82 Å². The minimum absolute atomic E-state index is 0.0500. The first kappa shape index (κ1) is 52.2. The summed E-state index contributed by atoms with van der Waals surface area (Å²) in [6.07, 6.45) is -10.1. The number of hydrogen-bond donors (Lipinski definition) is 10. The standard InChI is InChI=1S/C26H39N7O25P6/c1-4-6-15(14-8-9-17(50-14)32-10-13(3)24(35)31-26(32)36)52-60(40,41)57-64(48,49)58-62(44,45)54-21-19(34)20(51-25(21)33-12-30-18-22(27)28-11-29-23(18)33)16(7-5-2)53-61(42,43)56-63(46,47)55-59(37,38)39/h4-5,10-12,14-17,19-21,25,34H,1-2,6-9H2,3H3,(H,40,41)(H,42,43)(H,44,45)(H,46,47)(H,48,49)(H2,27,28,29)(H,31,35,36)(H2,37,38,39)/t14-,15?,16?,17+,19+,20+,21+,25+/m0/s1. The summed E-state index contributed by atoms with van der Waals surface area (Å²) in [6.45, 7) is 8.31. The predicted octanol–water partition coefficient (Wildman–Crippen LogP) is 1.17. The number of aliphatic hydroxyl groups is 1. The van der Waals surface area contributed by atoms with Gasteiger partial charge in [0.25, 0.3) is 5.56 Å². The van der Waals surface area contributed by atoms with Crippen LogP contribution in [-0.2, 0) is 67.7 Å². The number of nitrogens with one attached hydrogen (secondary N) is 1. The van der Waals surface area contributed by atoms with Crippen LogP contribution in [0.25, 0.3) is 11.2 Å². The van der Waals surface area contributed by atoms with Crippen LogP contribution in [0, 0.1) is 6.92 Å². The van der Waals surface area contributed by atoms with Gasteiger partial charge in [-0.15, -0.1) is 13.2 Å². The van der Waals surface area contributed by atoms with E-state index in [0.29, 0.717) is 0 Å². The normalized spacial score (nSPS) is 27.4. The zero-order valence-electron chi connectivity index (χ0n) is 32.3. The Balaban J connectivity index is 1.36. The second kappa shape index (κ2) is 19.8. The summed E-state index contributed by atoms with van der Waals surface area (Å²) >= 11 is 0. The molecule has 5 rings (SSSR count). The van der Waals surface area contributed by atoms with Crippen molar-refractivity contribution in [3.8, 4) is 0 Å². The first-order valence-corrected chi connectivity index (χ1v) is 26.5. The van der Waals surface area contributed by atoms with E-state index < -0.39 is 114 Å². The van der Waals surface area contributed by atoms with Gasteiger partial charge in [-0.2, -0.15) is 17.2 Å². The van der Waals surface area contributed by atoms with Gasteiger partial charge in [-0.25, -0.2) is 47.1 Å². The fraction of sp³-hybridized carbons (Fsp3) is 0.500. The number of nitrogen functional groups attached to an aromatic ring is 1. The number of ether oxygens (including phenoxy) is 2. The molecule has 38 heteroatoms. The highest BCUT2D eigenvalue weighted by Crippen LogP contribution is 2.70. The number of imidazole rings is 1. The van der Waals surface area contributed by atoms with E-state index in [1.807, 2.05) is 0 Å². The van der Waals surface area contributed by atoms with Gasteiger partial charge in [-0.1, -0.05) is 12.2 Å². The molecular formula is C26H39N7O25P6. The number of phosphoric ester groups is 3. The number of hydrogen-bond acceptors (Lipinski definition) is 22. The van der Waals surface area contributed by atoms with E-state index >= 15 is 0 Å². The topological polar surface area (TPSA) is 472 Å². The molecule has 7 unspecified atom stereocenters. The van der Waals surface area contributed by atoms with Gasteiger partial charge in [-0.3, -0.25) is 32.5 Å². The molecular weight excluding hydrogens is 996 g/mol. The summed E-state index contributed by atoms with van der Waals surface area (Å²) in [5, 5.41) is 11.4. The third-order valence-electron chi connectivity index (χ3n) is 8.60. The Kier molecular flexibility index (Phi) is 16.2. The molecule has 64 heavy (non-hydrogen) atoms. The van der Waals surface area contributed by atoms with E-state index in [9.17, 15) is 66.6 Å². The van der Waals surface area contributed by atoms with Crippen molar-refractivity contribution in [3.05, 3.63) is 70.6 Å². The number of nitrogens with two attached hydrogens (primary N) is 1. The highest BCUT2D eigenvalue weighted by Gasteiger charge is 2.55. The number of nitrogens with zero attached hydrogens (tertiary/aromatic N) is 5. The van der Waals surface area contributed by atoms with Gasteiger partial charge >= 0.3 is 52.6 Å². The van der Waals surface area contributed by atoms with Crippen LogP contribution in [0.15, 0.2) is 53.8 Å². The van der Waals surface area contributed by atoms with Crippen molar-refractivity contribution in [3.63, 3.8) is 0 Å². The van der Waals surface area contributed by atoms with Crippen molar-refractivity contribution in [2.45, 2.75) is 81.7 Å². The number of aromatic nitrogens is 6. The van der Waals surface area contributed by atoms with E-state index in [2.05, 4.69) is 50.3 Å². The zero-order chi connectivity index (χ0) is 47.8. The van der Waals surface area contributed by atoms with E-state index in [1.165, 1.54) is 19.2 Å². The second-order valence-corrected chi connectivity index (χ2v) is 22.2. The predicted molar refractivity (Wildman–Crippen MR) is 209 cm³/mol. The number of fused-ring (bicyclic) bond motifs is 1. The maximum absolute atomic E-state index is 13.4. The van der Waals surface area contributed by atoms with Gasteiger partial charge in [0, 0.05) is 11.8 Å². The summed E-state index contributed by atoms with van der Waals surface area (Å²) in [5.41, 5.74) is 4.14. The molecule has 2 fully saturated rings. The monoisotopic (exact) mass is 1040 g/mol. The lowest BCUT2D eigenvalue weighted by Crippen LogP contribution is -2.40. The molecule has 13 atom stereocenters. The molecule has 0 radical (unpaired) electrons. The smallest absolute Gasteiger partial charge is 0.387 e. The summed E-state index contributed by atoms with van der Waals surface area (Å²) in [7, 11) is -36.2. The first-order valence-electron chi connectivity index (χ1n) is 17.5. The molecule has 0 aliphatic carbocycles. The lowest BCUT2D eigenvalue weighted by Gasteiger charge is -2.27. The third kappa shape index (κ3) is 13.4. The largest absolute Gasteiger partial charge is 0.490 e. The van der Waals surface area contributed by atoms with E-state index in [0.717, 1.165) is 27.9 Å². The van der Waals surface area contributed by atoms with Crippen molar-refractivity contribution < 1.29 is 107 Å². The second-order valence-electron chi connectivity index (χ2n) is 13.3. The van der Waals surface area contributed by atoms with Gasteiger partial charge in [0.1, 0.15) is 42.5 Å². The molecule has 2 aliphatic heterocycles. The summed E-state index contributed by atoms with van der Waals surface area (Å²) in [6, 6.07) is 0. The summed E-state index contributed by atoms with van der Waals surface area (Å²) in [4.78, 5) is 107. The highest BCUT2D eigenvalue weighted by molar-refractivity contribution is 7.67. The number of aliphatic hydroxyl groups excluding tert-OH is 1. The minimum atomic E-state index is -6.27. The van der Waals surface area contributed by atoms with Gasteiger partial charge in [0.2, 0.25) is 0 Å². The number of anilines is 1. The Morgan fingerprint density at radius 3 is 2.02 bits per heavy atom. The molecule has 358 valence electrons. The van der Waals surface area contributed by atoms with Crippen molar-refractivity contribution in [1.82, 2.24) is 29.1 Å². The maximum atomic E-state index is 13.4. The number of rotatable bonds is 22. The average molecular weight is 1040 g/mol. The molecule has 2 saturated heterocycles. The van der Waals surface area contributed by atoms with Crippen LogP contribution in [0.2, 0.25) is 0 Å². The van der Waals surface area contributed by atoms with Crippen molar-refractivity contribution >= 4 is 63.9 Å². The zero-order valence-corrected chi connectivity index (χ0v) is 37.6. The van der Waals surface area contributed by atoms with Crippen LogP contribution in [0.5, 0.6) is 0 Å². The molecule has 0 amide bonds. The highest BCUT2D eigenvalue weighted by atomic mass is 31.3. The summed E-state index contributed by atoms with van der Waals surface area (Å²) < 4.78 is 120. The number of H-pyrrole nitrogens is 1. The van der Waals surface area contributed by atoms with Gasteiger partial charge in [0.15, 0.2) is 17.7 Å². The SMILES string of the molecule is C=CCC(OP(=O)(O)OP(=O)(O)OP(=O)(O)O[C@@H]1[C@H](O)[C@@H](C(CC=C)OP(=O)(O)OP(=O)(O)OP(=O)(O)O)O[C@H]1n1cnc2c(N)ncnc21)[C@@H]1CC[C@H](n2cc(C)c(=O)[nH]c2=O)O1. The Bertz CT molecular complexity index is 2650. The average Bonchev–Trinajstić information content (AvgIpc) is 3.85. The molecule has 2 aliphatic rings. The van der Waals surface area contributed by atoms with Gasteiger partial charge < -0.3 is 54.6 Å². The van der Waals surface area contributed by atoms with E-state index in [-0.39, 0.29) is 41.8 Å². The summed E-state index contributed by atoms with van der Waals surface area (Å²) in [5.74, 6) is -0.229. The van der Waals surface area contributed by atoms with Crippen LogP contribution < -0.4 is 17.0 Å². The van der Waals surface area contributed by atoms with Gasteiger partial charge in [-0.05, 0) is 32.6 Å². The van der Waals surface area contributed by atoms with Crippen LogP contribution in [0.3, 0.4) is 0 Å². The third-order valence-corrected chi connectivity index (χ3v) is 16.8. The Morgan fingerprint density at radius 1 is 0.828 bits per heavy atom. The van der Waals surface area contributed by atoms with Crippen LogP contribution >= 0.6 is 46.9 Å².